The van der Waals surface area contributed by atoms with Crippen molar-refractivity contribution in [1.82, 2.24) is 5.32 Å². The molecule has 2 aromatic rings. The van der Waals surface area contributed by atoms with E-state index < -0.39 is 0 Å². The first-order valence-electron chi connectivity index (χ1n) is 6.73. The normalized spacial score (nSPS) is 12.3. The van der Waals surface area contributed by atoms with E-state index in [1.165, 1.54) is 16.0 Å². The summed E-state index contributed by atoms with van der Waals surface area (Å²) in [4.78, 5) is 1.34. The van der Waals surface area contributed by atoms with Gasteiger partial charge in [-0.05, 0) is 31.5 Å². The average molecular weight is 271 g/mol. The van der Waals surface area contributed by atoms with Gasteiger partial charge in [-0.15, -0.1) is 11.8 Å². The van der Waals surface area contributed by atoms with E-state index in [4.69, 9.17) is 0 Å². The van der Waals surface area contributed by atoms with Gasteiger partial charge in [0, 0.05) is 23.2 Å². The Kier molecular flexibility index (Phi) is 5.49. The number of benzene rings is 2. The zero-order valence-corrected chi connectivity index (χ0v) is 12.4. The number of thioether (sulfide) groups is 1. The van der Waals surface area contributed by atoms with Gasteiger partial charge in [0.2, 0.25) is 0 Å². The fraction of sp³-hybridized carbons (Fsp3) is 0.294. The van der Waals surface area contributed by atoms with Crippen molar-refractivity contribution in [2.24, 2.45) is 0 Å². The monoisotopic (exact) mass is 271 g/mol. The van der Waals surface area contributed by atoms with Gasteiger partial charge < -0.3 is 5.32 Å². The highest BCUT2D eigenvalue weighted by Crippen LogP contribution is 2.17. The molecule has 0 aromatic heterocycles. The molecule has 1 N–H and O–H groups in total. The largest absolute Gasteiger partial charge is 0.309 e. The van der Waals surface area contributed by atoms with Gasteiger partial charge in [0.15, 0.2) is 0 Å². The van der Waals surface area contributed by atoms with E-state index in [0.717, 1.165) is 12.3 Å². The van der Waals surface area contributed by atoms with Gasteiger partial charge in [-0.1, -0.05) is 48.0 Å². The highest BCUT2D eigenvalue weighted by molar-refractivity contribution is 7.99. The van der Waals surface area contributed by atoms with Crippen molar-refractivity contribution < 1.29 is 0 Å². The predicted octanol–water partition coefficient (Wildman–Crippen LogP) is 4.44. The first kappa shape index (κ1) is 14.2. The van der Waals surface area contributed by atoms with Crippen molar-refractivity contribution in [2.45, 2.75) is 24.8 Å². The van der Waals surface area contributed by atoms with Gasteiger partial charge in [0.05, 0.1) is 0 Å². The molecule has 0 bridgehead atoms. The van der Waals surface area contributed by atoms with Crippen LogP contribution >= 0.6 is 11.8 Å². The third-order valence-corrected chi connectivity index (χ3v) is 4.16. The highest BCUT2D eigenvalue weighted by atomic mass is 32.2. The quantitative estimate of drug-likeness (QED) is 0.616. The fourth-order valence-electron chi connectivity index (χ4n) is 1.93. The molecule has 0 spiro atoms. The van der Waals surface area contributed by atoms with Crippen LogP contribution in [0.1, 0.15) is 24.1 Å². The average Bonchev–Trinajstić information content (AvgIpc) is 2.45. The van der Waals surface area contributed by atoms with Gasteiger partial charge in [-0.3, -0.25) is 0 Å². The van der Waals surface area contributed by atoms with Crippen LogP contribution in [0.5, 0.6) is 0 Å². The summed E-state index contributed by atoms with van der Waals surface area (Å²) in [5.74, 6) is 1.10. The van der Waals surface area contributed by atoms with E-state index in [1.54, 1.807) is 0 Å². The second-order valence-electron chi connectivity index (χ2n) is 4.75. The van der Waals surface area contributed by atoms with E-state index in [0.29, 0.717) is 6.04 Å². The van der Waals surface area contributed by atoms with Crippen molar-refractivity contribution in [1.29, 1.82) is 0 Å². The van der Waals surface area contributed by atoms with Crippen LogP contribution in [0.25, 0.3) is 0 Å². The standard InChI is InChI=1S/C17H21NS/c1-14-8-10-16(11-9-14)15(2)18-12-13-19-17-6-4-3-5-7-17/h3-11,15,18H,12-13H2,1-2H3. The molecule has 0 heterocycles. The summed E-state index contributed by atoms with van der Waals surface area (Å²) in [6, 6.07) is 19.7. The SMILES string of the molecule is Cc1ccc(C(C)NCCSc2ccccc2)cc1. The lowest BCUT2D eigenvalue weighted by atomic mass is 10.1. The Morgan fingerprint density at radius 1 is 1.00 bits per heavy atom. The lowest BCUT2D eigenvalue weighted by Crippen LogP contribution is -2.21. The van der Waals surface area contributed by atoms with Crippen LogP contribution in [0, 0.1) is 6.92 Å². The summed E-state index contributed by atoms with van der Waals surface area (Å²) < 4.78 is 0. The smallest absolute Gasteiger partial charge is 0.0292 e. The molecular weight excluding hydrogens is 250 g/mol. The van der Waals surface area contributed by atoms with Crippen LogP contribution in [0.2, 0.25) is 0 Å². The number of nitrogens with one attached hydrogen (secondary N) is 1. The number of hydrogen-bond donors (Lipinski definition) is 1. The van der Waals surface area contributed by atoms with Crippen LogP contribution in [0.4, 0.5) is 0 Å². The Labute approximate surface area is 120 Å². The third-order valence-electron chi connectivity index (χ3n) is 3.14. The molecular formula is C17H21NS. The van der Waals surface area contributed by atoms with Crippen LogP contribution in [0.3, 0.4) is 0 Å². The molecule has 1 atom stereocenters. The van der Waals surface area contributed by atoms with Crippen LogP contribution in [0.15, 0.2) is 59.5 Å². The topological polar surface area (TPSA) is 12.0 Å². The molecule has 1 unspecified atom stereocenters. The molecule has 0 radical (unpaired) electrons. The number of aryl methyl sites for hydroxylation is 1. The van der Waals surface area contributed by atoms with Gasteiger partial charge in [-0.25, -0.2) is 0 Å². The minimum absolute atomic E-state index is 0.414. The summed E-state index contributed by atoms with van der Waals surface area (Å²) in [5, 5.41) is 3.57. The molecule has 2 rings (SSSR count). The summed E-state index contributed by atoms with van der Waals surface area (Å²) in [5.41, 5.74) is 2.67. The Hall–Kier alpha value is -1.25. The van der Waals surface area contributed by atoms with Gasteiger partial charge >= 0.3 is 0 Å². The second-order valence-corrected chi connectivity index (χ2v) is 5.92. The molecule has 0 saturated carbocycles. The van der Waals surface area contributed by atoms with Crippen molar-refractivity contribution in [3.05, 3.63) is 65.7 Å². The van der Waals surface area contributed by atoms with Crippen LogP contribution in [-0.2, 0) is 0 Å². The predicted molar refractivity (Wildman–Crippen MR) is 84.8 cm³/mol. The Morgan fingerprint density at radius 2 is 1.68 bits per heavy atom. The first-order chi connectivity index (χ1) is 9.25. The maximum atomic E-state index is 3.57. The van der Waals surface area contributed by atoms with Crippen LogP contribution in [-0.4, -0.2) is 12.3 Å². The molecule has 0 aliphatic heterocycles. The fourth-order valence-corrected chi connectivity index (χ4v) is 2.74. The Balaban J connectivity index is 1.72. The molecule has 2 heteroatoms. The Bertz CT molecular complexity index is 478. The van der Waals surface area contributed by atoms with Gasteiger partial charge in [0.1, 0.15) is 0 Å². The molecule has 0 aliphatic rings. The van der Waals surface area contributed by atoms with Crippen LogP contribution < -0.4 is 5.32 Å². The second kappa shape index (κ2) is 7.37. The Morgan fingerprint density at radius 3 is 2.37 bits per heavy atom. The zero-order chi connectivity index (χ0) is 13.5. The minimum Gasteiger partial charge on any atom is -0.309 e. The van der Waals surface area contributed by atoms with Crippen molar-refractivity contribution in [2.75, 3.05) is 12.3 Å². The summed E-state index contributed by atoms with van der Waals surface area (Å²) in [7, 11) is 0. The number of rotatable bonds is 6. The molecule has 19 heavy (non-hydrogen) atoms. The lowest BCUT2D eigenvalue weighted by molar-refractivity contribution is 0.601. The van der Waals surface area contributed by atoms with Gasteiger partial charge in [0.25, 0.3) is 0 Å². The van der Waals surface area contributed by atoms with E-state index >= 15 is 0 Å². The zero-order valence-electron chi connectivity index (χ0n) is 11.6. The molecule has 1 nitrogen and oxygen atoms in total. The third kappa shape index (κ3) is 4.73. The molecule has 0 amide bonds. The summed E-state index contributed by atoms with van der Waals surface area (Å²) >= 11 is 1.90. The van der Waals surface area contributed by atoms with Crippen molar-refractivity contribution in [3.8, 4) is 0 Å². The highest BCUT2D eigenvalue weighted by Gasteiger charge is 2.03. The van der Waals surface area contributed by atoms with Gasteiger partial charge in [-0.2, -0.15) is 0 Å². The summed E-state index contributed by atoms with van der Waals surface area (Å²) in [6.45, 7) is 5.37. The van der Waals surface area contributed by atoms with E-state index in [-0.39, 0.29) is 0 Å². The summed E-state index contributed by atoms with van der Waals surface area (Å²) in [6.07, 6.45) is 0. The van der Waals surface area contributed by atoms with E-state index in [9.17, 15) is 0 Å². The molecule has 0 saturated heterocycles. The van der Waals surface area contributed by atoms with Crippen molar-refractivity contribution in [3.63, 3.8) is 0 Å². The van der Waals surface area contributed by atoms with Crippen molar-refractivity contribution >= 4 is 11.8 Å². The first-order valence-corrected chi connectivity index (χ1v) is 7.72. The molecule has 0 fully saturated rings. The van der Waals surface area contributed by atoms with E-state index in [1.807, 2.05) is 11.8 Å². The minimum atomic E-state index is 0.414. The maximum Gasteiger partial charge on any atom is 0.0292 e. The number of hydrogen-bond acceptors (Lipinski definition) is 2. The van der Waals surface area contributed by atoms with E-state index in [2.05, 4.69) is 73.8 Å². The molecule has 0 aliphatic carbocycles. The lowest BCUT2D eigenvalue weighted by Gasteiger charge is -2.14. The molecule has 100 valence electrons. The maximum absolute atomic E-state index is 3.57. The molecule has 2 aromatic carbocycles.